The summed E-state index contributed by atoms with van der Waals surface area (Å²) in [6.45, 7) is 2.08. The average molecular weight is 234 g/mol. The Morgan fingerprint density at radius 2 is 2.25 bits per heavy atom. The lowest BCUT2D eigenvalue weighted by Crippen LogP contribution is -2.09. The molecule has 0 aliphatic carbocycles. The van der Waals surface area contributed by atoms with E-state index in [-0.39, 0.29) is 6.04 Å². The summed E-state index contributed by atoms with van der Waals surface area (Å²) >= 11 is 1.56. The molecule has 1 heterocycles. The highest BCUT2D eigenvalue weighted by Gasteiger charge is 2.10. The lowest BCUT2D eigenvalue weighted by Gasteiger charge is -2.13. The molecule has 1 aromatic carbocycles. The van der Waals surface area contributed by atoms with E-state index in [2.05, 4.69) is 34.2 Å². The maximum absolute atomic E-state index is 6.06. The van der Waals surface area contributed by atoms with Crippen molar-refractivity contribution in [3.63, 3.8) is 0 Å². The maximum Gasteiger partial charge on any atom is 0.188 e. The Morgan fingerprint density at radius 3 is 2.94 bits per heavy atom. The predicted molar refractivity (Wildman–Crippen MR) is 64.2 cm³/mol. The Kier molecular flexibility index (Phi) is 3.58. The summed E-state index contributed by atoms with van der Waals surface area (Å²) in [7, 11) is 0. The van der Waals surface area contributed by atoms with Gasteiger partial charge < -0.3 is 5.73 Å². The van der Waals surface area contributed by atoms with Gasteiger partial charge in [-0.3, -0.25) is 5.10 Å². The molecule has 2 rings (SSSR count). The first-order valence-electron chi connectivity index (χ1n) is 5.19. The summed E-state index contributed by atoms with van der Waals surface area (Å²) in [4.78, 5) is 5.23. The summed E-state index contributed by atoms with van der Waals surface area (Å²) in [5.41, 5.74) is 7.22. The first kappa shape index (κ1) is 11.2. The number of H-pyrrole nitrogens is 1. The minimum absolute atomic E-state index is 0.0756. The summed E-state index contributed by atoms with van der Waals surface area (Å²) in [5, 5.41) is 7.44. The molecule has 1 atom stereocenters. The van der Waals surface area contributed by atoms with Crippen LogP contribution in [0.15, 0.2) is 40.6 Å². The van der Waals surface area contributed by atoms with Crippen LogP contribution in [-0.4, -0.2) is 15.2 Å². The molecule has 2 aromatic rings. The van der Waals surface area contributed by atoms with E-state index in [0.717, 1.165) is 22.0 Å². The van der Waals surface area contributed by atoms with E-state index in [1.165, 1.54) is 6.33 Å². The van der Waals surface area contributed by atoms with Gasteiger partial charge in [-0.2, -0.15) is 5.10 Å². The van der Waals surface area contributed by atoms with Gasteiger partial charge in [-0.1, -0.05) is 36.9 Å². The van der Waals surface area contributed by atoms with Crippen molar-refractivity contribution >= 4 is 11.8 Å². The first-order valence-corrected chi connectivity index (χ1v) is 6.00. The second-order valence-electron chi connectivity index (χ2n) is 3.45. The first-order chi connectivity index (χ1) is 7.81. The summed E-state index contributed by atoms with van der Waals surface area (Å²) in [5.74, 6) is 0. The monoisotopic (exact) mass is 234 g/mol. The molecule has 1 aromatic heterocycles. The molecule has 0 fully saturated rings. The SMILES string of the molecule is CC[C@H](N)c1ccccc1Sc1ncn[nH]1. The van der Waals surface area contributed by atoms with Crippen LogP contribution in [0, 0.1) is 0 Å². The molecule has 0 radical (unpaired) electrons. The highest BCUT2D eigenvalue weighted by atomic mass is 32.2. The van der Waals surface area contributed by atoms with Gasteiger partial charge in [0.05, 0.1) is 0 Å². The third kappa shape index (κ3) is 2.43. The van der Waals surface area contributed by atoms with Gasteiger partial charge in [-0.05, 0) is 18.1 Å². The Balaban J connectivity index is 2.26. The lowest BCUT2D eigenvalue weighted by atomic mass is 10.1. The highest BCUT2D eigenvalue weighted by Crippen LogP contribution is 2.31. The third-order valence-electron chi connectivity index (χ3n) is 2.36. The van der Waals surface area contributed by atoms with Crippen molar-refractivity contribution in [2.75, 3.05) is 0 Å². The van der Waals surface area contributed by atoms with Crippen LogP contribution >= 0.6 is 11.8 Å². The molecule has 0 aliphatic heterocycles. The van der Waals surface area contributed by atoms with Crippen LogP contribution in [0.3, 0.4) is 0 Å². The van der Waals surface area contributed by atoms with E-state index in [0.29, 0.717) is 0 Å². The highest BCUT2D eigenvalue weighted by molar-refractivity contribution is 7.99. The van der Waals surface area contributed by atoms with Crippen LogP contribution in [0.25, 0.3) is 0 Å². The van der Waals surface area contributed by atoms with E-state index in [1.54, 1.807) is 11.8 Å². The van der Waals surface area contributed by atoms with Gasteiger partial charge in [0.2, 0.25) is 0 Å². The minimum Gasteiger partial charge on any atom is -0.324 e. The number of hydrogen-bond donors (Lipinski definition) is 2. The summed E-state index contributed by atoms with van der Waals surface area (Å²) in [6.07, 6.45) is 2.43. The molecular weight excluding hydrogens is 220 g/mol. The fraction of sp³-hybridized carbons (Fsp3) is 0.273. The van der Waals surface area contributed by atoms with E-state index in [1.807, 2.05) is 12.1 Å². The largest absolute Gasteiger partial charge is 0.324 e. The topological polar surface area (TPSA) is 67.6 Å². The second kappa shape index (κ2) is 5.14. The van der Waals surface area contributed by atoms with Crippen LogP contribution < -0.4 is 5.73 Å². The smallest absolute Gasteiger partial charge is 0.188 e. The number of nitrogens with one attached hydrogen (secondary N) is 1. The van der Waals surface area contributed by atoms with E-state index < -0.39 is 0 Å². The van der Waals surface area contributed by atoms with Crippen molar-refractivity contribution in [2.45, 2.75) is 29.4 Å². The number of nitrogens with two attached hydrogens (primary N) is 1. The zero-order valence-electron chi connectivity index (χ0n) is 9.05. The molecule has 5 heteroatoms. The second-order valence-corrected chi connectivity index (χ2v) is 4.48. The van der Waals surface area contributed by atoms with Gasteiger partial charge in [0, 0.05) is 10.9 Å². The number of rotatable bonds is 4. The molecule has 4 nitrogen and oxygen atoms in total. The number of benzene rings is 1. The van der Waals surface area contributed by atoms with Crippen molar-refractivity contribution in [1.82, 2.24) is 15.2 Å². The van der Waals surface area contributed by atoms with E-state index in [4.69, 9.17) is 5.73 Å². The minimum atomic E-state index is 0.0756. The van der Waals surface area contributed by atoms with Gasteiger partial charge in [-0.25, -0.2) is 4.98 Å². The number of hydrogen-bond acceptors (Lipinski definition) is 4. The quantitative estimate of drug-likeness (QED) is 0.852. The standard InChI is InChI=1S/C11H14N4S/c1-2-9(12)8-5-3-4-6-10(8)16-11-13-7-14-15-11/h3-7,9H,2,12H2,1H3,(H,13,14,15)/t9-/m0/s1. The van der Waals surface area contributed by atoms with Gasteiger partial charge >= 0.3 is 0 Å². The molecule has 0 unspecified atom stereocenters. The maximum atomic E-state index is 6.06. The summed E-state index contributed by atoms with van der Waals surface area (Å²) in [6, 6.07) is 8.21. The van der Waals surface area contributed by atoms with Crippen molar-refractivity contribution < 1.29 is 0 Å². The zero-order chi connectivity index (χ0) is 11.4. The van der Waals surface area contributed by atoms with Crippen LogP contribution in [0.5, 0.6) is 0 Å². The van der Waals surface area contributed by atoms with Gasteiger partial charge in [0.25, 0.3) is 0 Å². The van der Waals surface area contributed by atoms with E-state index >= 15 is 0 Å². The molecule has 84 valence electrons. The predicted octanol–water partition coefficient (Wildman–Crippen LogP) is 2.37. The Bertz CT molecular complexity index is 441. The van der Waals surface area contributed by atoms with Crippen LogP contribution in [0.4, 0.5) is 0 Å². The van der Waals surface area contributed by atoms with Crippen molar-refractivity contribution in [3.05, 3.63) is 36.2 Å². The molecule has 0 bridgehead atoms. The van der Waals surface area contributed by atoms with E-state index in [9.17, 15) is 0 Å². The molecule has 0 aliphatic rings. The normalized spacial score (nSPS) is 12.6. The van der Waals surface area contributed by atoms with Crippen molar-refractivity contribution in [3.8, 4) is 0 Å². The number of aromatic nitrogens is 3. The molecule has 0 amide bonds. The number of nitrogens with zero attached hydrogens (tertiary/aromatic N) is 2. The Morgan fingerprint density at radius 1 is 1.44 bits per heavy atom. The fourth-order valence-corrected chi connectivity index (χ4v) is 2.34. The zero-order valence-corrected chi connectivity index (χ0v) is 9.87. The van der Waals surface area contributed by atoms with Crippen molar-refractivity contribution in [2.24, 2.45) is 5.73 Å². The van der Waals surface area contributed by atoms with Gasteiger partial charge in [-0.15, -0.1) is 0 Å². The Labute approximate surface area is 98.7 Å². The number of aromatic amines is 1. The molecule has 0 saturated carbocycles. The van der Waals surface area contributed by atoms with Crippen LogP contribution in [-0.2, 0) is 0 Å². The molecular formula is C11H14N4S. The lowest BCUT2D eigenvalue weighted by molar-refractivity contribution is 0.685. The van der Waals surface area contributed by atoms with Crippen LogP contribution in [0.1, 0.15) is 24.9 Å². The van der Waals surface area contributed by atoms with Crippen molar-refractivity contribution in [1.29, 1.82) is 0 Å². The Hall–Kier alpha value is -1.33. The van der Waals surface area contributed by atoms with Crippen LogP contribution in [0.2, 0.25) is 0 Å². The van der Waals surface area contributed by atoms with Gasteiger partial charge in [0.15, 0.2) is 5.16 Å². The van der Waals surface area contributed by atoms with Gasteiger partial charge in [0.1, 0.15) is 6.33 Å². The fourth-order valence-electron chi connectivity index (χ4n) is 1.45. The third-order valence-corrected chi connectivity index (χ3v) is 3.34. The molecule has 16 heavy (non-hydrogen) atoms. The average Bonchev–Trinajstić information content (AvgIpc) is 2.82. The molecule has 3 N–H and O–H groups in total. The molecule has 0 spiro atoms. The summed E-state index contributed by atoms with van der Waals surface area (Å²) < 4.78 is 0. The molecule has 0 saturated heterocycles.